The highest BCUT2D eigenvalue weighted by Crippen LogP contribution is 2.70. The molecule has 2 heterocycles. The van der Waals surface area contributed by atoms with Crippen molar-refractivity contribution in [3.8, 4) is 0 Å². The third-order valence-electron chi connectivity index (χ3n) is 9.79. The molecule has 5 nitrogen and oxygen atoms in total. The molecule has 7 aromatic rings. The van der Waals surface area contributed by atoms with Gasteiger partial charge in [0.25, 0.3) is 0 Å². The van der Waals surface area contributed by atoms with E-state index in [1.54, 1.807) is 6.07 Å². The molecule has 1 aromatic heterocycles. The van der Waals surface area contributed by atoms with Gasteiger partial charge in [0, 0.05) is 18.1 Å². The van der Waals surface area contributed by atoms with Crippen molar-refractivity contribution < 1.29 is 17.9 Å². The highest BCUT2D eigenvalue weighted by molar-refractivity contribution is 7.91. The van der Waals surface area contributed by atoms with Gasteiger partial charge >= 0.3 is 0 Å². The van der Waals surface area contributed by atoms with Gasteiger partial charge in [-0.2, -0.15) is 0 Å². The van der Waals surface area contributed by atoms with Gasteiger partial charge in [0.2, 0.25) is 9.84 Å². The van der Waals surface area contributed by atoms with Crippen LogP contribution in [0.5, 0.6) is 0 Å². The molecule has 1 atom stereocenters. The number of aliphatic hydroxyl groups is 1. The van der Waals surface area contributed by atoms with Crippen LogP contribution >= 0.6 is 15.8 Å². The first-order valence-electron chi connectivity index (χ1n) is 17.5. The smallest absolute Gasteiger partial charge is 0.208 e. The van der Waals surface area contributed by atoms with Gasteiger partial charge in [-0.25, -0.2) is 12.8 Å². The van der Waals surface area contributed by atoms with Crippen LogP contribution in [0.1, 0.15) is 12.8 Å². The molecule has 0 bridgehead atoms. The number of anilines is 1. The SMILES string of the molecule is O=S(=O)(c1cccc(F)c1)c1cnc2c(N3CCC[C@@H](O)C3(P(c3ccccc3)c3ccccc3)P(c3ccccc3)c3ccccc3)cccc2c1. The second kappa shape index (κ2) is 14.9. The molecule has 264 valence electrons. The topological polar surface area (TPSA) is 70.5 Å². The molecule has 6 aromatic carbocycles. The van der Waals surface area contributed by atoms with Crippen LogP contribution < -0.4 is 26.1 Å². The lowest BCUT2D eigenvalue weighted by molar-refractivity contribution is 0.129. The van der Waals surface area contributed by atoms with E-state index in [1.807, 2.05) is 36.4 Å². The maximum Gasteiger partial charge on any atom is 0.208 e. The van der Waals surface area contributed by atoms with E-state index in [0.717, 1.165) is 39.4 Å². The molecule has 0 saturated carbocycles. The molecule has 8 rings (SSSR count). The van der Waals surface area contributed by atoms with Crippen molar-refractivity contribution in [2.24, 2.45) is 0 Å². The fourth-order valence-electron chi connectivity index (χ4n) is 7.54. The minimum atomic E-state index is -4.04. The number of aromatic nitrogens is 1. The molecular formula is C44H37FN2O3P2S. The lowest BCUT2D eigenvalue weighted by Gasteiger charge is -2.59. The molecule has 0 spiro atoms. The second-order valence-electron chi connectivity index (χ2n) is 13.0. The van der Waals surface area contributed by atoms with Crippen LogP contribution in [-0.4, -0.2) is 36.2 Å². The Morgan fingerprint density at radius 3 is 1.66 bits per heavy atom. The lowest BCUT2D eigenvalue weighted by atomic mass is 10.1. The number of sulfone groups is 1. The van der Waals surface area contributed by atoms with Gasteiger partial charge in [-0.1, -0.05) is 140 Å². The van der Waals surface area contributed by atoms with E-state index in [1.165, 1.54) is 24.4 Å². The number of hydrogen-bond donors (Lipinski definition) is 1. The van der Waals surface area contributed by atoms with Gasteiger partial charge in [0.05, 0.1) is 27.1 Å². The van der Waals surface area contributed by atoms with Gasteiger partial charge in [-0.05, 0) is 80.2 Å². The van der Waals surface area contributed by atoms with E-state index in [-0.39, 0.29) is 9.79 Å². The Bertz CT molecular complexity index is 2300. The summed E-state index contributed by atoms with van der Waals surface area (Å²) in [5.41, 5.74) is 1.46. The van der Waals surface area contributed by atoms with Crippen molar-refractivity contribution in [3.05, 3.63) is 182 Å². The van der Waals surface area contributed by atoms with Crippen LogP contribution in [0.4, 0.5) is 10.1 Å². The standard InChI is InChI=1S/C44H37FN2O3P2S/c45-34-17-14-26-39(31-34)53(49,50)40-30-33-16-13-27-41(43(33)46-32-40)47-29-15-28-42(48)44(47,51(35-18-5-1-6-19-35)36-20-7-2-8-21-36)52(37-22-9-3-10-23-37)38-24-11-4-12-25-38/h1-14,16-27,30-32,42,48H,15,28-29H2/t42-/m1/s1. The normalized spacial score (nSPS) is 15.9. The number of hydrogen-bond acceptors (Lipinski definition) is 5. The minimum Gasteiger partial charge on any atom is -0.390 e. The number of benzene rings is 6. The molecule has 0 aliphatic carbocycles. The molecular weight excluding hydrogens is 718 g/mol. The average molecular weight is 755 g/mol. The van der Waals surface area contributed by atoms with E-state index in [0.29, 0.717) is 23.9 Å². The number of nitrogens with zero attached hydrogens (tertiary/aromatic N) is 2. The number of halogens is 1. The van der Waals surface area contributed by atoms with E-state index < -0.39 is 42.6 Å². The minimum absolute atomic E-state index is 0.00987. The van der Waals surface area contributed by atoms with Crippen molar-refractivity contribution in [2.45, 2.75) is 33.8 Å². The number of piperidine rings is 1. The second-order valence-corrected chi connectivity index (χ2v) is 20.1. The molecule has 1 N–H and O–H groups in total. The number of para-hydroxylation sites is 1. The number of fused-ring (bicyclic) bond motifs is 1. The summed E-state index contributed by atoms with van der Waals surface area (Å²) in [5.74, 6) is -0.622. The van der Waals surface area contributed by atoms with E-state index >= 15 is 0 Å². The van der Waals surface area contributed by atoms with Gasteiger partial charge in [0.1, 0.15) is 10.8 Å². The summed E-state index contributed by atoms with van der Waals surface area (Å²) >= 11 is 0. The quantitative estimate of drug-likeness (QED) is 0.151. The molecule has 0 radical (unpaired) electrons. The monoisotopic (exact) mass is 754 g/mol. The molecule has 1 aliphatic rings. The molecule has 0 unspecified atom stereocenters. The summed E-state index contributed by atoms with van der Waals surface area (Å²) in [4.78, 5) is 7.18. The summed E-state index contributed by atoms with van der Waals surface area (Å²) in [6.45, 7) is 0.651. The molecule has 1 fully saturated rings. The van der Waals surface area contributed by atoms with Crippen LogP contribution in [0, 0.1) is 5.82 Å². The van der Waals surface area contributed by atoms with Crippen molar-refractivity contribution in [2.75, 3.05) is 11.4 Å². The highest BCUT2D eigenvalue weighted by atomic mass is 32.2. The van der Waals surface area contributed by atoms with Crippen molar-refractivity contribution >= 4 is 63.5 Å². The van der Waals surface area contributed by atoms with Crippen molar-refractivity contribution in [1.29, 1.82) is 0 Å². The first kappa shape index (κ1) is 35.3. The van der Waals surface area contributed by atoms with Gasteiger partial charge in [-0.15, -0.1) is 0 Å². The van der Waals surface area contributed by atoms with Gasteiger partial charge in [0.15, 0.2) is 0 Å². The van der Waals surface area contributed by atoms with E-state index in [2.05, 4.69) is 108 Å². The Morgan fingerprint density at radius 2 is 1.15 bits per heavy atom. The molecule has 1 saturated heterocycles. The molecule has 9 heteroatoms. The highest BCUT2D eigenvalue weighted by Gasteiger charge is 2.58. The maximum absolute atomic E-state index is 14.1. The Kier molecular flexibility index (Phi) is 9.93. The Hall–Kier alpha value is -4.77. The summed E-state index contributed by atoms with van der Waals surface area (Å²) < 4.78 is 41.6. The third-order valence-corrected chi connectivity index (χ3v) is 18.4. The predicted octanol–water partition coefficient (Wildman–Crippen LogP) is 8.09. The Morgan fingerprint density at radius 1 is 0.642 bits per heavy atom. The Balaban J connectivity index is 1.43. The summed E-state index contributed by atoms with van der Waals surface area (Å²) in [6.07, 6.45) is 1.99. The van der Waals surface area contributed by atoms with Crippen LogP contribution in [0.25, 0.3) is 10.9 Å². The summed E-state index contributed by atoms with van der Waals surface area (Å²) in [5, 5.41) is 17.4. The van der Waals surface area contributed by atoms with Crippen molar-refractivity contribution in [3.63, 3.8) is 0 Å². The average Bonchev–Trinajstić information content (AvgIpc) is 3.20. The van der Waals surface area contributed by atoms with Crippen LogP contribution in [-0.2, 0) is 9.84 Å². The fraction of sp³-hybridized carbons (Fsp3) is 0.114. The molecule has 0 amide bonds. The zero-order chi connectivity index (χ0) is 36.4. The lowest BCUT2D eigenvalue weighted by Crippen LogP contribution is -2.62. The van der Waals surface area contributed by atoms with Crippen molar-refractivity contribution in [1.82, 2.24) is 4.98 Å². The zero-order valence-corrected chi connectivity index (χ0v) is 31.4. The third kappa shape index (κ3) is 6.47. The molecule has 53 heavy (non-hydrogen) atoms. The van der Waals surface area contributed by atoms with Crippen LogP contribution in [0.2, 0.25) is 0 Å². The zero-order valence-electron chi connectivity index (χ0n) is 28.8. The largest absolute Gasteiger partial charge is 0.390 e. The predicted molar refractivity (Wildman–Crippen MR) is 217 cm³/mol. The van der Waals surface area contributed by atoms with E-state index in [9.17, 15) is 17.9 Å². The number of aliphatic hydroxyl groups excluding tert-OH is 1. The van der Waals surface area contributed by atoms with Gasteiger partial charge < -0.3 is 10.0 Å². The first-order valence-corrected chi connectivity index (χ1v) is 21.7. The number of pyridine rings is 1. The van der Waals surface area contributed by atoms with E-state index in [4.69, 9.17) is 4.98 Å². The summed E-state index contributed by atoms with van der Waals surface area (Å²) in [7, 11) is -6.66. The van der Waals surface area contributed by atoms with Crippen LogP contribution in [0.3, 0.4) is 0 Å². The van der Waals surface area contributed by atoms with Gasteiger partial charge in [-0.3, -0.25) is 4.98 Å². The number of rotatable bonds is 9. The Labute approximate surface area is 312 Å². The molecule has 1 aliphatic heterocycles. The fourth-order valence-corrected chi connectivity index (χ4v) is 16.8. The van der Waals surface area contributed by atoms with Crippen LogP contribution in [0.15, 0.2) is 186 Å². The summed E-state index contributed by atoms with van der Waals surface area (Å²) in [6, 6.07) is 54.8. The maximum atomic E-state index is 14.1. The first-order chi connectivity index (χ1) is 25.9.